The highest BCUT2D eigenvalue weighted by Gasteiger charge is 2.05. The summed E-state index contributed by atoms with van der Waals surface area (Å²) in [5.41, 5.74) is 5.59. The molecular formula is C23H22N2O4. The number of carbonyl (C=O) groups excluding carboxylic acids is 1. The summed E-state index contributed by atoms with van der Waals surface area (Å²) in [7, 11) is 1.53. The Morgan fingerprint density at radius 2 is 1.72 bits per heavy atom. The quantitative estimate of drug-likeness (QED) is 0.471. The Labute approximate surface area is 169 Å². The summed E-state index contributed by atoms with van der Waals surface area (Å²) in [5, 5.41) is 13.7. The van der Waals surface area contributed by atoms with Crippen LogP contribution < -0.4 is 14.9 Å². The van der Waals surface area contributed by atoms with Crippen molar-refractivity contribution in [1.82, 2.24) is 5.43 Å². The molecule has 0 saturated carbocycles. The van der Waals surface area contributed by atoms with Crippen LogP contribution in [-0.2, 0) is 6.61 Å². The molecular weight excluding hydrogens is 368 g/mol. The molecule has 3 rings (SSSR count). The molecule has 3 aromatic carbocycles. The fourth-order valence-electron chi connectivity index (χ4n) is 2.54. The number of carbonyl (C=O) groups is 1. The van der Waals surface area contributed by atoms with Gasteiger partial charge in [0.25, 0.3) is 5.91 Å². The van der Waals surface area contributed by atoms with Gasteiger partial charge in [-0.15, -0.1) is 0 Å². The van der Waals surface area contributed by atoms with Gasteiger partial charge in [0.05, 0.1) is 13.3 Å². The molecule has 0 aromatic heterocycles. The zero-order valence-electron chi connectivity index (χ0n) is 16.3. The minimum Gasteiger partial charge on any atom is -0.507 e. The Morgan fingerprint density at radius 1 is 1.03 bits per heavy atom. The third-order valence-corrected chi connectivity index (χ3v) is 4.25. The van der Waals surface area contributed by atoms with Crippen LogP contribution in [0, 0.1) is 6.92 Å². The van der Waals surface area contributed by atoms with Crippen molar-refractivity contribution in [2.45, 2.75) is 13.5 Å². The van der Waals surface area contributed by atoms with Gasteiger partial charge in [0, 0.05) is 11.1 Å². The lowest BCUT2D eigenvalue weighted by Crippen LogP contribution is -2.17. The molecule has 0 unspecified atom stereocenters. The Bertz CT molecular complexity index is 996. The van der Waals surface area contributed by atoms with Crippen LogP contribution >= 0.6 is 0 Å². The second-order valence-electron chi connectivity index (χ2n) is 6.42. The number of hydrogen-bond donors (Lipinski definition) is 2. The van der Waals surface area contributed by atoms with E-state index in [0.29, 0.717) is 29.2 Å². The van der Waals surface area contributed by atoms with Gasteiger partial charge < -0.3 is 14.6 Å². The van der Waals surface area contributed by atoms with E-state index in [0.717, 1.165) is 5.56 Å². The van der Waals surface area contributed by atoms with Crippen LogP contribution in [0.4, 0.5) is 0 Å². The van der Waals surface area contributed by atoms with Crippen LogP contribution in [0.2, 0.25) is 0 Å². The number of aromatic hydroxyl groups is 1. The topological polar surface area (TPSA) is 80.2 Å². The third kappa shape index (κ3) is 5.59. The summed E-state index contributed by atoms with van der Waals surface area (Å²) in [4.78, 5) is 12.2. The smallest absolute Gasteiger partial charge is 0.271 e. The first-order chi connectivity index (χ1) is 14.0. The summed E-state index contributed by atoms with van der Waals surface area (Å²) in [6, 6.07) is 19.7. The van der Waals surface area contributed by atoms with Crippen molar-refractivity contribution in [2.24, 2.45) is 5.10 Å². The minimum atomic E-state index is -0.367. The molecule has 0 saturated heterocycles. The van der Waals surface area contributed by atoms with Crippen LogP contribution in [0.15, 0.2) is 71.8 Å². The number of aryl methyl sites for hydroxylation is 1. The Morgan fingerprint density at radius 3 is 2.41 bits per heavy atom. The van der Waals surface area contributed by atoms with Crippen LogP contribution in [-0.4, -0.2) is 24.3 Å². The van der Waals surface area contributed by atoms with Crippen LogP contribution in [0.5, 0.6) is 17.2 Å². The number of benzene rings is 3. The zero-order valence-corrected chi connectivity index (χ0v) is 16.3. The van der Waals surface area contributed by atoms with Crippen molar-refractivity contribution in [3.8, 4) is 17.2 Å². The highest BCUT2D eigenvalue weighted by atomic mass is 16.5. The standard InChI is InChI=1S/C23H22N2O4/c1-16-3-5-17(6-4-16)15-29-20-9-7-18(8-10-20)23(27)25-24-14-19-13-21(28-2)11-12-22(19)26/h3-14,26H,15H2,1-2H3,(H,25,27)/b24-14-. The fraction of sp³-hybridized carbons (Fsp3) is 0.130. The monoisotopic (exact) mass is 390 g/mol. The van der Waals surface area contributed by atoms with Crippen molar-refractivity contribution in [3.63, 3.8) is 0 Å². The van der Waals surface area contributed by atoms with Crippen LogP contribution in [0.3, 0.4) is 0 Å². The molecule has 29 heavy (non-hydrogen) atoms. The summed E-state index contributed by atoms with van der Waals surface area (Å²) < 4.78 is 10.8. The van der Waals surface area contributed by atoms with E-state index in [2.05, 4.69) is 10.5 Å². The van der Waals surface area contributed by atoms with E-state index in [4.69, 9.17) is 9.47 Å². The molecule has 6 nitrogen and oxygen atoms in total. The molecule has 0 bridgehead atoms. The Balaban J connectivity index is 1.55. The van der Waals surface area contributed by atoms with E-state index in [1.807, 2.05) is 31.2 Å². The average Bonchev–Trinajstić information content (AvgIpc) is 2.75. The largest absolute Gasteiger partial charge is 0.507 e. The molecule has 6 heteroatoms. The van der Waals surface area contributed by atoms with Crippen molar-refractivity contribution >= 4 is 12.1 Å². The normalized spacial score (nSPS) is 10.7. The van der Waals surface area contributed by atoms with Crippen molar-refractivity contribution < 1.29 is 19.4 Å². The highest BCUT2D eigenvalue weighted by molar-refractivity contribution is 5.95. The number of rotatable bonds is 7. The number of ether oxygens (including phenoxy) is 2. The first-order valence-electron chi connectivity index (χ1n) is 9.04. The summed E-state index contributed by atoms with van der Waals surface area (Å²) in [6.45, 7) is 2.50. The number of amides is 1. The molecule has 1 amide bonds. The lowest BCUT2D eigenvalue weighted by molar-refractivity contribution is 0.0955. The SMILES string of the molecule is COc1ccc(O)c(/C=N\NC(=O)c2ccc(OCc3ccc(C)cc3)cc2)c1. The first-order valence-corrected chi connectivity index (χ1v) is 9.04. The van der Waals surface area contributed by atoms with Gasteiger partial charge in [-0.05, 0) is 55.0 Å². The number of nitrogens with zero attached hydrogens (tertiary/aromatic N) is 1. The van der Waals surface area contributed by atoms with Gasteiger partial charge in [-0.3, -0.25) is 4.79 Å². The van der Waals surface area contributed by atoms with Gasteiger partial charge in [0.1, 0.15) is 23.9 Å². The van der Waals surface area contributed by atoms with Gasteiger partial charge in [-0.2, -0.15) is 5.10 Å². The maximum absolute atomic E-state index is 12.2. The van der Waals surface area contributed by atoms with Crippen molar-refractivity contribution in [3.05, 3.63) is 89.0 Å². The molecule has 3 aromatic rings. The van der Waals surface area contributed by atoms with E-state index in [9.17, 15) is 9.90 Å². The molecule has 0 aliphatic rings. The van der Waals surface area contributed by atoms with Gasteiger partial charge in [-0.1, -0.05) is 29.8 Å². The van der Waals surface area contributed by atoms with E-state index < -0.39 is 0 Å². The maximum Gasteiger partial charge on any atom is 0.271 e. The highest BCUT2D eigenvalue weighted by Crippen LogP contribution is 2.21. The van der Waals surface area contributed by atoms with Crippen molar-refractivity contribution in [1.29, 1.82) is 0 Å². The molecule has 0 heterocycles. The number of methoxy groups -OCH3 is 1. The summed E-state index contributed by atoms with van der Waals surface area (Å²) in [5.74, 6) is 0.927. The predicted octanol–water partition coefficient (Wildman–Crippen LogP) is 4.05. The third-order valence-electron chi connectivity index (χ3n) is 4.25. The van der Waals surface area contributed by atoms with Crippen molar-refractivity contribution in [2.75, 3.05) is 7.11 Å². The number of phenolic OH excluding ortho intramolecular Hbond substituents is 1. The summed E-state index contributed by atoms with van der Waals surface area (Å²) >= 11 is 0. The van der Waals surface area contributed by atoms with Crippen LogP contribution in [0.1, 0.15) is 27.0 Å². The second-order valence-corrected chi connectivity index (χ2v) is 6.42. The molecule has 148 valence electrons. The molecule has 0 radical (unpaired) electrons. The zero-order chi connectivity index (χ0) is 20.6. The molecule has 2 N–H and O–H groups in total. The van der Waals surface area contributed by atoms with E-state index in [1.165, 1.54) is 25.0 Å². The lowest BCUT2D eigenvalue weighted by atomic mass is 10.2. The molecule has 0 aliphatic heterocycles. The van der Waals surface area contributed by atoms with Gasteiger partial charge in [-0.25, -0.2) is 5.43 Å². The molecule has 0 aliphatic carbocycles. The van der Waals surface area contributed by atoms with E-state index >= 15 is 0 Å². The van der Waals surface area contributed by atoms with Crippen LogP contribution in [0.25, 0.3) is 0 Å². The number of nitrogens with one attached hydrogen (secondary N) is 1. The predicted molar refractivity (Wildman–Crippen MR) is 112 cm³/mol. The number of hydrogen-bond acceptors (Lipinski definition) is 5. The van der Waals surface area contributed by atoms with E-state index in [-0.39, 0.29) is 11.7 Å². The van der Waals surface area contributed by atoms with Gasteiger partial charge >= 0.3 is 0 Å². The Hall–Kier alpha value is -3.80. The lowest BCUT2D eigenvalue weighted by Gasteiger charge is -2.07. The van der Waals surface area contributed by atoms with Gasteiger partial charge in [0.15, 0.2) is 0 Å². The number of phenols is 1. The molecule has 0 spiro atoms. The maximum atomic E-state index is 12.2. The second kappa shape index (κ2) is 9.41. The first kappa shape index (κ1) is 19.9. The minimum absolute atomic E-state index is 0.0406. The summed E-state index contributed by atoms with van der Waals surface area (Å²) in [6.07, 6.45) is 1.36. The number of hydrazone groups is 1. The molecule has 0 atom stereocenters. The fourth-order valence-corrected chi connectivity index (χ4v) is 2.54. The van der Waals surface area contributed by atoms with E-state index in [1.54, 1.807) is 36.4 Å². The Kier molecular flexibility index (Phi) is 6.47. The van der Waals surface area contributed by atoms with Gasteiger partial charge in [0.2, 0.25) is 0 Å². The molecule has 0 fully saturated rings. The average molecular weight is 390 g/mol.